The molecule has 0 bridgehead atoms. The Morgan fingerprint density at radius 1 is 1.50 bits per heavy atom. The van der Waals surface area contributed by atoms with Gasteiger partial charge in [-0.3, -0.25) is 9.36 Å². The molecule has 0 radical (unpaired) electrons. The van der Waals surface area contributed by atoms with E-state index in [4.69, 9.17) is 10.8 Å². The first-order valence-electron chi connectivity index (χ1n) is 6.00. The van der Waals surface area contributed by atoms with Gasteiger partial charge < -0.3 is 10.8 Å². The summed E-state index contributed by atoms with van der Waals surface area (Å²) < 4.78 is 1.82. The predicted molar refractivity (Wildman–Crippen MR) is 71.6 cm³/mol. The molecule has 0 fully saturated rings. The number of rotatable bonds is 7. The van der Waals surface area contributed by atoms with Crippen LogP contribution in [0.3, 0.4) is 0 Å². The number of carboxylic acid groups (broad SMARTS) is 1. The quantitative estimate of drug-likeness (QED) is 0.738. The number of anilines is 1. The van der Waals surface area contributed by atoms with Crippen molar-refractivity contribution < 1.29 is 9.90 Å². The summed E-state index contributed by atoms with van der Waals surface area (Å²) in [6.07, 6.45) is 2.07. The number of aromatic nitrogens is 3. The van der Waals surface area contributed by atoms with Crippen LogP contribution in [0.15, 0.2) is 5.16 Å². The van der Waals surface area contributed by atoms with Crippen LogP contribution in [0.25, 0.3) is 0 Å². The van der Waals surface area contributed by atoms with E-state index in [1.807, 2.05) is 4.57 Å². The summed E-state index contributed by atoms with van der Waals surface area (Å²) >= 11 is 1.15. The molecule has 1 aromatic rings. The Balaban J connectivity index is 2.79. The van der Waals surface area contributed by atoms with Crippen molar-refractivity contribution in [2.45, 2.75) is 44.8 Å². The smallest absolute Gasteiger partial charge is 0.313 e. The lowest BCUT2D eigenvalue weighted by Crippen LogP contribution is -2.13. The molecule has 0 aliphatic carbocycles. The molecule has 0 saturated carbocycles. The van der Waals surface area contributed by atoms with E-state index < -0.39 is 5.97 Å². The molecule has 18 heavy (non-hydrogen) atoms. The van der Waals surface area contributed by atoms with Crippen molar-refractivity contribution in [2.75, 3.05) is 11.5 Å². The Hall–Kier alpha value is -1.24. The minimum absolute atomic E-state index is 0.0335. The van der Waals surface area contributed by atoms with E-state index in [-0.39, 0.29) is 11.8 Å². The van der Waals surface area contributed by atoms with Gasteiger partial charge in [0.1, 0.15) is 0 Å². The molecule has 2 unspecified atom stereocenters. The van der Waals surface area contributed by atoms with Crippen LogP contribution in [0.5, 0.6) is 0 Å². The zero-order valence-corrected chi connectivity index (χ0v) is 11.8. The third-order valence-corrected chi connectivity index (χ3v) is 3.82. The lowest BCUT2D eigenvalue weighted by Gasteiger charge is -2.19. The highest BCUT2D eigenvalue weighted by Gasteiger charge is 2.18. The van der Waals surface area contributed by atoms with Crippen LogP contribution in [0.1, 0.15) is 39.7 Å². The molecule has 102 valence electrons. The Morgan fingerprint density at radius 3 is 2.72 bits per heavy atom. The van der Waals surface area contributed by atoms with Crippen molar-refractivity contribution in [1.29, 1.82) is 0 Å². The molecule has 7 heteroatoms. The second kappa shape index (κ2) is 6.63. The second-order valence-corrected chi connectivity index (χ2v) is 5.43. The van der Waals surface area contributed by atoms with Crippen molar-refractivity contribution in [3.8, 4) is 0 Å². The van der Waals surface area contributed by atoms with E-state index in [1.165, 1.54) is 0 Å². The van der Waals surface area contributed by atoms with Crippen LogP contribution < -0.4 is 5.73 Å². The van der Waals surface area contributed by atoms with Gasteiger partial charge in [-0.05, 0) is 19.3 Å². The molecular weight excluding hydrogens is 252 g/mol. The van der Waals surface area contributed by atoms with Crippen molar-refractivity contribution in [2.24, 2.45) is 5.92 Å². The lowest BCUT2D eigenvalue weighted by atomic mass is 10.0. The fraction of sp³-hybridized carbons (Fsp3) is 0.727. The summed E-state index contributed by atoms with van der Waals surface area (Å²) in [7, 11) is 0. The first-order chi connectivity index (χ1) is 8.45. The minimum atomic E-state index is -0.872. The van der Waals surface area contributed by atoms with Crippen LogP contribution in [0.4, 0.5) is 5.95 Å². The number of hydrogen-bond acceptors (Lipinski definition) is 5. The van der Waals surface area contributed by atoms with E-state index >= 15 is 0 Å². The molecule has 3 N–H and O–H groups in total. The van der Waals surface area contributed by atoms with Crippen molar-refractivity contribution in [3.63, 3.8) is 0 Å². The van der Waals surface area contributed by atoms with Gasteiger partial charge >= 0.3 is 5.97 Å². The molecule has 0 aliphatic rings. The average molecular weight is 272 g/mol. The fourth-order valence-corrected chi connectivity index (χ4v) is 2.55. The summed E-state index contributed by atoms with van der Waals surface area (Å²) in [6, 6.07) is 0.172. The van der Waals surface area contributed by atoms with Gasteiger partial charge in [0.25, 0.3) is 0 Å². The zero-order valence-electron chi connectivity index (χ0n) is 11.0. The predicted octanol–water partition coefficient (Wildman–Crippen LogP) is 2.03. The Kier molecular flexibility index (Phi) is 5.46. The Bertz CT molecular complexity index is 408. The van der Waals surface area contributed by atoms with Gasteiger partial charge in [0.15, 0.2) is 5.16 Å². The number of aliphatic carboxylic acids is 1. The van der Waals surface area contributed by atoms with E-state index in [0.29, 0.717) is 17.0 Å². The van der Waals surface area contributed by atoms with E-state index in [1.54, 1.807) is 0 Å². The molecule has 6 nitrogen and oxygen atoms in total. The van der Waals surface area contributed by atoms with Gasteiger partial charge in [-0.25, -0.2) is 0 Å². The molecule has 0 amide bonds. The topological polar surface area (TPSA) is 94.0 Å². The van der Waals surface area contributed by atoms with Gasteiger partial charge in [-0.2, -0.15) is 0 Å². The largest absolute Gasteiger partial charge is 0.481 e. The number of hydrogen-bond donors (Lipinski definition) is 2. The van der Waals surface area contributed by atoms with Crippen LogP contribution in [-0.4, -0.2) is 31.6 Å². The molecule has 1 heterocycles. The van der Waals surface area contributed by atoms with Gasteiger partial charge in [0, 0.05) is 6.04 Å². The third kappa shape index (κ3) is 3.90. The van der Waals surface area contributed by atoms with Crippen molar-refractivity contribution in [1.82, 2.24) is 14.8 Å². The molecule has 1 rings (SSSR count). The van der Waals surface area contributed by atoms with Crippen LogP contribution in [-0.2, 0) is 4.79 Å². The molecule has 0 aliphatic heterocycles. The number of thioether (sulfide) groups is 1. The highest BCUT2D eigenvalue weighted by Crippen LogP contribution is 2.27. The number of nitrogens with zero attached hydrogens (tertiary/aromatic N) is 3. The minimum Gasteiger partial charge on any atom is -0.481 e. The van der Waals surface area contributed by atoms with Gasteiger partial charge in [-0.1, -0.05) is 32.0 Å². The summed E-state index contributed by atoms with van der Waals surface area (Å²) in [5.41, 5.74) is 5.79. The molecule has 2 atom stereocenters. The highest BCUT2D eigenvalue weighted by molar-refractivity contribution is 7.99. The standard InChI is InChI=1S/C11H20N4O2S/c1-4-7(2)5-8(3)15-10(12)13-14-11(15)18-6-9(16)17/h7-8H,4-6H2,1-3H3,(H2,12,13)(H,16,17). The highest BCUT2D eigenvalue weighted by atomic mass is 32.2. The summed E-state index contributed by atoms with van der Waals surface area (Å²) in [6.45, 7) is 6.38. The van der Waals surface area contributed by atoms with E-state index in [9.17, 15) is 4.79 Å². The SMILES string of the molecule is CCC(C)CC(C)n1c(N)nnc1SCC(=O)O. The fourth-order valence-electron chi connectivity index (χ4n) is 1.78. The average Bonchev–Trinajstić information content (AvgIpc) is 2.67. The number of nitrogen functional groups attached to an aromatic ring is 1. The maximum Gasteiger partial charge on any atom is 0.313 e. The second-order valence-electron chi connectivity index (χ2n) is 4.49. The summed E-state index contributed by atoms with van der Waals surface area (Å²) in [4.78, 5) is 10.6. The maximum atomic E-state index is 10.6. The number of nitrogens with two attached hydrogens (primary N) is 1. The molecule has 0 aromatic carbocycles. The van der Waals surface area contributed by atoms with Gasteiger partial charge in [0.05, 0.1) is 5.75 Å². The molecule has 0 spiro atoms. The molecular formula is C11H20N4O2S. The molecule has 0 saturated heterocycles. The molecule has 1 aromatic heterocycles. The normalized spacial score (nSPS) is 14.4. The Labute approximate surface area is 111 Å². The first-order valence-corrected chi connectivity index (χ1v) is 6.99. The van der Waals surface area contributed by atoms with Crippen molar-refractivity contribution >= 4 is 23.7 Å². The van der Waals surface area contributed by atoms with Gasteiger partial charge in [0.2, 0.25) is 5.95 Å². The summed E-state index contributed by atoms with van der Waals surface area (Å²) in [5.74, 6) is 0.0225. The first kappa shape index (κ1) is 14.8. The Morgan fingerprint density at radius 2 is 2.17 bits per heavy atom. The van der Waals surface area contributed by atoms with Crippen LogP contribution in [0.2, 0.25) is 0 Å². The number of carboxylic acids is 1. The number of carbonyl (C=O) groups is 1. The maximum absolute atomic E-state index is 10.6. The third-order valence-electron chi connectivity index (χ3n) is 2.90. The van der Waals surface area contributed by atoms with E-state index in [2.05, 4.69) is 31.0 Å². The van der Waals surface area contributed by atoms with E-state index in [0.717, 1.165) is 24.6 Å². The monoisotopic (exact) mass is 272 g/mol. The zero-order chi connectivity index (χ0) is 13.7. The van der Waals surface area contributed by atoms with Crippen LogP contribution >= 0.6 is 11.8 Å². The van der Waals surface area contributed by atoms with Crippen LogP contribution in [0, 0.1) is 5.92 Å². The summed E-state index contributed by atoms with van der Waals surface area (Å²) in [5, 5.41) is 17.0. The van der Waals surface area contributed by atoms with Gasteiger partial charge in [-0.15, -0.1) is 10.2 Å². The lowest BCUT2D eigenvalue weighted by molar-refractivity contribution is -0.133. The van der Waals surface area contributed by atoms with Crippen molar-refractivity contribution in [3.05, 3.63) is 0 Å².